The summed E-state index contributed by atoms with van der Waals surface area (Å²) in [6, 6.07) is 0.440. The van der Waals surface area contributed by atoms with Gasteiger partial charge in [0.1, 0.15) is 6.17 Å². The topological polar surface area (TPSA) is 185 Å². The number of unbranched alkanes of at least 4 members (excludes halogenated alkanes) is 1. The number of allylic oxidation sites excluding steroid dienone is 4. The van der Waals surface area contributed by atoms with Gasteiger partial charge in [-0.2, -0.15) is 11.8 Å². The first-order valence-corrected chi connectivity index (χ1v) is 19.2. The molecule has 0 aromatic carbocycles. The Balaban J connectivity index is 0.000000272. The zero-order valence-corrected chi connectivity index (χ0v) is 30.9. The number of thioether (sulfide) groups is 1. The Morgan fingerprint density at radius 3 is 2.50 bits per heavy atom. The number of ketones is 2. The third kappa shape index (κ3) is 6.91. The maximum Gasteiger partial charge on any atom is 0.315 e. The van der Waals surface area contributed by atoms with Crippen LogP contribution in [0.3, 0.4) is 0 Å². The summed E-state index contributed by atoms with van der Waals surface area (Å²) in [5.41, 5.74) is -6.80. The van der Waals surface area contributed by atoms with Gasteiger partial charge in [-0.15, -0.1) is 0 Å². The Kier molecular flexibility index (Phi) is 11.6. The Morgan fingerprint density at radius 2 is 1.83 bits per heavy atom. The van der Waals surface area contributed by atoms with Crippen LogP contribution in [-0.2, 0) is 33.4 Å². The quantitative estimate of drug-likeness (QED) is 0.134. The average molecular weight is 753 g/mol. The minimum Gasteiger partial charge on any atom is -0.481 e. The number of urea groups is 1. The fourth-order valence-corrected chi connectivity index (χ4v) is 11.4. The summed E-state index contributed by atoms with van der Waals surface area (Å²) in [7, 11) is 0. The van der Waals surface area contributed by atoms with Crippen molar-refractivity contribution in [2.45, 2.75) is 133 Å². The molecule has 0 aromatic rings. The number of alkyl halides is 2. The normalized spacial score (nSPS) is 39.7. The molecule has 0 radical (unpaired) electrons. The van der Waals surface area contributed by atoms with Gasteiger partial charge in [0.05, 0.1) is 18.2 Å². The lowest BCUT2D eigenvalue weighted by atomic mass is 9.44. The first-order valence-electron chi connectivity index (χ1n) is 18.2. The highest BCUT2D eigenvalue weighted by Gasteiger charge is 2.76. The SMILES string of the molecule is CCCC(=O)O[C@]1(C(=O)COC(C)=O)CC[C@H]2[C@@H]3C[C@H](F)C4=CC(=O)C=C[C@]4(C)[C@@]3(F)[C@@H](O)C[C@@]21C.O=C(O)CCCC[C@@H]1SC[C@@H]2NC(=O)N[C@@H]21. The summed E-state index contributed by atoms with van der Waals surface area (Å²) in [6.07, 6.45) is 3.66. The number of esters is 2. The van der Waals surface area contributed by atoms with Crippen LogP contribution in [-0.4, -0.2) is 99.0 Å². The van der Waals surface area contributed by atoms with Crippen molar-refractivity contribution in [3.63, 3.8) is 0 Å². The lowest BCUT2D eigenvalue weighted by Crippen LogP contribution is -2.70. The Hall–Kier alpha value is -3.33. The number of Topliss-reactive ketones (excluding diaryl/α,β-unsaturated/α-hetero) is 1. The second kappa shape index (κ2) is 15.2. The van der Waals surface area contributed by atoms with Gasteiger partial charge in [-0.05, 0) is 75.5 Å². The zero-order valence-electron chi connectivity index (χ0n) is 30.1. The van der Waals surface area contributed by atoms with E-state index < -0.39 is 82.3 Å². The van der Waals surface area contributed by atoms with E-state index in [1.165, 1.54) is 19.1 Å². The van der Waals surface area contributed by atoms with Crippen molar-refractivity contribution in [2.75, 3.05) is 12.4 Å². The number of nitrogens with one attached hydrogen (secondary N) is 2. The van der Waals surface area contributed by atoms with Crippen molar-refractivity contribution < 1.29 is 57.2 Å². The molecule has 12 nitrogen and oxygen atoms in total. The van der Waals surface area contributed by atoms with Gasteiger partial charge in [0.2, 0.25) is 5.78 Å². The van der Waals surface area contributed by atoms with Crippen LogP contribution in [0.25, 0.3) is 0 Å². The first kappa shape index (κ1) is 39.9. The number of carboxylic acid groups (broad SMARTS) is 1. The second-order valence-electron chi connectivity index (χ2n) is 15.4. The van der Waals surface area contributed by atoms with Crippen LogP contribution < -0.4 is 10.6 Å². The summed E-state index contributed by atoms with van der Waals surface area (Å²) in [6.45, 7) is 5.50. The highest BCUT2D eigenvalue weighted by atomic mass is 32.2. The molecule has 5 fully saturated rings. The largest absolute Gasteiger partial charge is 0.481 e. The molecule has 52 heavy (non-hydrogen) atoms. The lowest BCUT2D eigenvalue weighted by Gasteiger charge is -2.63. The third-order valence-corrected chi connectivity index (χ3v) is 13.9. The molecule has 6 rings (SSSR count). The number of aliphatic hydroxyl groups is 1. The number of fused-ring (bicyclic) bond motifs is 6. The molecule has 15 heteroatoms. The molecule has 288 valence electrons. The number of carboxylic acids is 1. The number of carbonyl (C=O) groups is 6. The van der Waals surface area contributed by atoms with Crippen LogP contribution in [0.2, 0.25) is 0 Å². The molecule has 2 saturated heterocycles. The van der Waals surface area contributed by atoms with Crippen LogP contribution in [0.15, 0.2) is 23.8 Å². The smallest absolute Gasteiger partial charge is 0.315 e. The first-order chi connectivity index (χ1) is 24.4. The molecule has 0 bridgehead atoms. The molecule has 2 amide bonds. The van der Waals surface area contributed by atoms with E-state index in [4.69, 9.17) is 14.6 Å². The number of aliphatic hydroxyl groups excluding tert-OH is 1. The van der Waals surface area contributed by atoms with Gasteiger partial charge < -0.3 is 30.3 Å². The van der Waals surface area contributed by atoms with Crippen molar-refractivity contribution in [1.29, 1.82) is 0 Å². The van der Waals surface area contributed by atoms with Crippen LogP contribution in [0.5, 0.6) is 0 Å². The van der Waals surface area contributed by atoms with Gasteiger partial charge in [-0.3, -0.25) is 24.0 Å². The van der Waals surface area contributed by atoms with E-state index >= 15 is 8.78 Å². The molecular weight excluding hydrogens is 702 g/mol. The van der Waals surface area contributed by atoms with Gasteiger partial charge in [0.15, 0.2) is 23.7 Å². The van der Waals surface area contributed by atoms with Crippen molar-refractivity contribution in [3.8, 4) is 0 Å². The summed E-state index contributed by atoms with van der Waals surface area (Å²) in [5.74, 6) is -3.73. The van der Waals surface area contributed by atoms with Crippen LogP contribution in [0.4, 0.5) is 13.6 Å². The van der Waals surface area contributed by atoms with E-state index in [0.29, 0.717) is 11.7 Å². The van der Waals surface area contributed by atoms with Crippen molar-refractivity contribution in [1.82, 2.24) is 10.6 Å². The predicted octanol–water partition coefficient (Wildman–Crippen LogP) is 4.32. The van der Waals surface area contributed by atoms with E-state index in [9.17, 15) is 33.9 Å². The second-order valence-corrected chi connectivity index (χ2v) is 16.7. The molecule has 2 heterocycles. The van der Waals surface area contributed by atoms with E-state index in [1.807, 2.05) is 11.8 Å². The molecule has 0 spiro atoms. The van der Waals surface area contributed by atoms with Crippen molar-refractivity contribution in [2.24, 2.45) is 22.7 Å². The molecule has 4 N–H and O–H groups in total. The highest BCUT2D eigenvalue weighted by Crippen LogP contribution is 2.70. The molecule has 3 saturated carbocycles. The number of ether oxygens (including phenoxy) is 2. The van der Waals surface area contributed by atoms with Gasteiger partial charge in [0, 0.05) is 47.5 Å². The Morgan fingerprint density at radius 1 is 1.10 bits per heavy atom. The minimum atomic E-state index is -2.30. The van der Waals surface area contributed by atoms with Crippen LogP contribution >= 0.6 is 11.8 Å². The maximum atomic E-state index is 17.2. The number of aliphatic carboxylic acids is 1. The summed E-state index contributed by atoms with van der Waals surface area (Å²) >= 11 is 1.87. The summed E-state index contributed by atoms with van der Waals surface area (Å²) in [5, 5.41) is 26.2. The van der Waals surface area contributed by atoms with E-state index in [0.717, 1.165) is 38.0 Å². The minimum absolute atomic E-state index is 0.0148. The Bertz CT molecular complexity index is 1540. The summed E-state index contributed by atoms with van der Waals surface area (Å²) < 4.78 is 43.6. The number of rotatable bonds is 11. The number of carbonyl (C=O) groups excluding carboxylic acids is 5. The van der Waals surface area contributed by atoms with Crippen LogP contribution in [0, 0.1) is 22.7 Å². The molecule has 2 aliphatic heterocycles. The standard InChI is InChI=1S/C27H34F2O7.C10H16N2O3S/c1-5-6-23(34)36-26(22(33)14-35-15(2)30)10-8-17-18-12-20(28)19-11-16(31)7-9-24(19,3)27(18,29)21(32)13-25(17,26)4;13-8(14)4-2-1-3-7-9-6(5-16-7)11-10(15)12-9/h7,9,11,17-18,20-21,32H,5-6,8,10,12-14H2,1-4H3;6-7,9H,1-5H2,(H,13,14)(H2,11,12,15)/t17-,18-,20-,21-,24-,25-,26-,27-;6-,7-,9-/m00/s1. The highest BCUT2D eigenvalue weighted by molar-refractivity contribution is 8.00. The summed E-state index contributed by atoms with van der Waals surface area (Å²) in [4.78, 5) is 71.1. The van der Waals surface area contributed by atoms with E-state index in [1.54, 1.807) is 13.8 Å². The number of amides is 2. The van der Waals surface area contributed by atoms with Crippen LogP contribution in [0.1, 0.15) is 91.9 Å². The fourth-order valence-electron chi connectivity index (χ4n) is 9.87. The van der Waals surface area contributed by atoms with Crippen molar-refractivity contribution >= 4 is 47.3 Å². The van der Waals surface area contributed by atoms with E-state index in [-0.39, 0.29) is 62.2 Å². The molecule has 6 aliphatic rings. The van der Waals surface area contributed by atoms with E-state index in [2.05, 4.69) is 10.6 Å². The molecule has 11 atom stereocenters. The van der Waals surface area contributed by atoms with Crippen molar-refractivity contribution in [3.05, 3.63) is 23.8 Å². The number of hydrogen-bond acceptors (Lipinski definition) is 10. The fraction of sp³-hybridized carbons (Fsp3) is 0.730. The average Bonchev–Trinajstić information content (AvgIpc) is 3.71. The van der Waals surface area contributed by atoms with Gasteiger partial charge in [-0.1, -0.05) is 26.3 Å². The third-order valence-electron chi connectivity index (χ3n) is 12.4. The molecule has 4 aliphatic carbocycles. The number of hydrogen-bond donors (Lipinski definition) is 4. The molecular formula is C37H50F2N2O10S. The van der Waals surface area contributed by atoms with Gasteiger partial charge in [-0.25, -0.2) is 13.6 Å². The monoisotopic (exact) mass is 752 g/mol. The lowest BCUT2D eigenvalue weighted by molar-refractivity contribution is -0.229. The zero-order chi connectivity index (χ0) is 38.2. The van der Waals surface area contributed by atoms with Gasteiger partial charge in [0.25, 0.3) is 0 Å². The molecule has 0 unspecified atom stereocenters. The predicted molar refractivity (Wildman–Crippen MR) is 186 cm³/mol. The van der Waals surface area contributed by atoms with Gasteiger partial charge >= 0.3 is 23.9 Å². The maximum absolute atomic E-state index is 17.2. The molecule has 0 aromatic heterocycles. The number of halogens is 2. The Labute approximate surface area is 306 Å².